The van der Waals surface area contributed by atoms with Crippen LogP contribution in [0.3, 0.4) is 0 Å². The van der Waals surface area contributed by atoms with Crippen molar-refractivity contribution in [2.45, 2.75) is 38.7 Å². The first-order chi connectivity index (χ1) is 12.0. The second kappa shape index (κ2) is 7.99. The van der Waals surface area contributed by atoms with Crippen LogP contribution in [0.15, 0.2) is 6.07 Å². The Morgan fingerprint density at radius 2 is 2.08 bits per heavy atom. The van der Waals surface area contributed by atoms with Crippen LogP contribution in [0, 0.1) is 12.8 Å². The molecule has 7 nitrogen and oxygen atoms in total. The van der Waals surface area contributed by atoms with Gasteiger partial charge in [0, 0.05) is 58.0 Å². The zero-order valence-corrected chi connectivity index (χ0v) is 15.5. The van der Waals surface area contributed by atoms with Gasteiger partial charge in [-0.05, 0) is 32.6 Å². The highest BCUT2D eigenvalue weighted by molar-refractivity contribution is 5.79. The van der Waals surface area contributed by atoms with E-state index in [-0.39, 0.29) is 17.9 Å². The van der Waals surface area contributed by atoms with Gasteiger partial charge < -0.3 is 19.9 Å². The summed E-state index contributed by atoms with van der Waals surface area (Å²) >= 11 is 0. The number of anilines is 2. The second-order valence-corrected chi connectivity index (χ2v) is 7.20. The van der Waals surface area contributed by atoms with Crippen LogP contribution in [0.1, 0.15) is 31.4 Å². The number of piperidine rings is 1. The normalized spacial score (nSPS) is 21.4. The van der Waals surface area contributed by atoms with Gasteiger partial charge in [-0.3, -0.25) is 4.79 Å². The number of ether oxygens (including phenoxy) is 1. The Labute approximate surface area is 149 Å². The summed E-state index contributed by atoms with van der Waals surface area (Å²) in [7, 11) is 3.96. The minimum absolute atomic E-state index is 0.0794. The van der Waals surface area contributed by atoms with E-state index >= 15 is 0 Å². The van der Waals surface area contributed by atoms with Gasteiger partial charge in [-0.2, -0.15) is 4.98 Å². The van der Waals surface area contributed by atoms with E-state index in [1.165, 1.54) is 0 Å². The molecule has 2 aliphatic rings. The topological polar surface area (TPSA) is 70.6 Å². The summed E-state index contributed by atoms with van der Waals surface area (Å²) in [6, 6.07) is 1.98. The van der Waals surface area contributed by atoms with E-state index in [1.54, 1.807) is 0 Å². The molecule has 1 aromatic heterocycles. The smallest absolute Gasteiger partial charge is 0.227 e. The number of amides is 1. The average molecular weight is 347 g/mol. The predicted octanol–water partition coefficient (Wildman–Crippen LogP) is 1.36. The summed E-state index contributed by atoms with van der Waals surface area (Å²) < 4.78 is 5.56. The van der Waals surface area contributed by atoms with Crippen LogP contribution in [0.5, 0.6) is 0 Å². The average Bonchev–Trinajstić information content (AvgIpc) is 3.13. The molecule has 0 spiro atoms. The summed E-state index contributed by atoms with van der Waals surface area (Å²) in [5.74, 6) is 1.92. The van der Waals surface area contributed by atoms with Crippen molar-refractivity contribution < 1.29 is 9.53 Å². The summed E-state index contributed by atoms with van der Waals surface area (Å²) in [5, 5.41) is 3.06. The van der Waals surface area contributed by atoms with Gasteiger partial charge in [0.25, 0.3) is 0 Å². The molecular weight excluding hydrogens is 318 g/mol. The van der Waals surface area contributed by atoms with Gasteiger partial charge in [0.1, 0.15) is 5.82 Å². The van der Waals surface area contributed by atoms with Gasteiger partial charge in [-0.25, -0.2) is 4.98 Å². The first-order valence-electron chi connectivity index (χ1n) is 9.20. The number of nitrogens with one attached hydrogen (secondary N) is 1. The largest absolute Gasteiger partial charge is 0.376 e. The van der Waals surface area contributed by atoms with Crippen molar-refractivity contribution >= 4 is 17.7 Å². The Bertz CT molecular complexity index is 593. The molecule has 0 radical (unpaired) electrons. The molecule has 0 aromatic carbocycles. The van der Waals surface area contributed by atoms with Gasteiger partial charge in [0.2, 0.25) is 11.9 Å². The fraction of sp³-hybridized carbons (Fsp3) is 0.722. The summed E-state index contributed by atoms with van der Waals surface area (Å²) in [4.78, 5) is 25.8. The van der Waals surface area contributed by atoms with Crippen LogP contribution in [-0.4, -0.2) is 62.3 Å². The maximum absolute atomic E-state index is 12.4. The number of aryl methyl sites for hydroxylation is 1. The number of rotatable bonds is 5. The Balaban J connectivity index is 1.52. The molecule has 0 aliphatic carbocycles. The Morgan fingerprint density at radius 1 is 1.32 bits per heavy atom. The Hall–Kier alpha value is -1.89. The molecule has 1 aromatic rings. The number of carbonyl (C=O) groups excluding carboxylic acids is 1. The van der Waals surface area contributed by atoms with Crippen LogP contribution in [-0.2, 0) is 9.53 Å². The summed E-state index contributed by atoms with van der Waals surface area (Å²) in [6.07, 6.45) is 4.04. The minimum Gasteiger partial charge on any atom is -0.376 e. The Morgan fingerprint density at radius 3 is 2.72 bits per heavy atom. The van der Waals surface area contributed by atoms with Crippen molar-refractivity contribution in [3.63, 3.8) is 0 Å². The van der Waals surface area contributed by atoms with Gasteiger partial charge >= 0.3 is 0 Å². The molecule has 7 heteroatoms. The zero-order chi connectivity index (χ0) is 17.8. The second-order valence-electron chi connectivity index (χ2n) is 7.20. The third kappa shape index (κ3) is 4.60. The van der Waals surface area contributed by atoms with Crippen molar-refractivity contribution in [3.8, 4) is 0 Å². The van der Waals surface area contributed by atoms with E-state index in [1.807, 2.05) is 32.0 Å². The fourth-order valence-corrected chi connectivity index (χ4v) is 3.41. The Kier molecular flexibility index (Phi) is 5.73. The quantitative estimate of drug-likeness (QED) is 0.867. The van der Waals surface area contributed by atoms with Crippen molar-refractivity contribution in [3.05, 3.63) is 11.8 Å². The molecule has 0 unspecified atom stereocenters. The lowest BCUT2D eigenvalue weighted by Gasteiger charge is -2.32. The molecule has 2 aliphatic heterocycles. The van der Waals surface area contributed by atoms with E-state index < -0.39 is 0 Å². The molecule has 1 N–H and O–H groups in total. The highest BCUT2D eigenvalue weighted by atomic mass is 16.5. The van der Waals surface area contributed by atoms with E-state index in [9.17, 15) is 4.79 Å². The molecule has 25 heavy (non-hydrogen) atoms. The number of carbonyl (C=O) groups is 1. The van der Waals surface area contributed by atoms with Gasteiger partial charge in [0.05, 0.1) is 6.10 Å². The molecule has 2 saturated heterocycles. The third-order valence-corrected chi connectivity index (χ3v) is 4.96. The maximum atomic E-state index is 12.4. The number of nitrogens with zero attached hydrogens (tertiary/aromatic N) is 4. The van der Waals surface area contributed by atoms with E-state index in [0.717, 1.165) is 62.8 Å². The van der Waals surface area contributed by atoms with Crippen LogP contribution >= 0.6 is 0 Å². The molecule has 0 saturated carbocycles. The van der Waals surface area contributed by atoms with Gasteiger partial charge in [-0.1, -0.05) is 0 Å². The molecule has 138 valence electrons. The summed E-state index contributed by atoms with van der Waals surface area (Å²) in [6.45, 7) is 5.09. The lowest BCUT2D eigenvalue weighted by Crippen LogP contribution is -2.43. The highest BCUT2D eigenvalue weighted by Crippen LogP contribution is 2.23. The van der Waals surface area contributed by atoms with Crippen molar-refractivity contribution in [1.82, 2.24) is 15.3 Å². The number of hydrogen-bond acceptors (Lipinski definition) is 6. The molecule has 2 fully saturated rings. The van der Waals surface area contributed by atoms with Crippen molar-refractivity contribution in [1.29, 1.82) is 0 Å². The third-order valence-electron chi connectivity index (χ3n) is 4.96. The predicted molar refractivity (Wildman–Crippen MR) is 98.0 cm³/mol. The van der Waals surface area contributed by atoms with Gasteiger partial charge in [-0.15, -0.1) is 0 Å². The lowest BCUT2D eigenvalue weighted by molar-refractivity contribution is -0.126. The number of hydrogen-bond donors (Lipinski definition) is 1. The van der Waals surface area contributed by atoms with E-state index in [4.69, 9.17) is 4.74 Å². The molecule has 1 atom stereocenters. The molecule has 3 heterocycles. The zero-order valence-electron chi connectivity index (χ0n) is 15.5. The first-order valence-corrected chi connectivity index (χ1v) is 9.20. The summed E-state index contributed by atoms with van der Waals surface area (Å²) in [5.41, 5.74) is 0.963. The standard InChI is InChI=1S/C18H29N5O2/c1-13-11-16(22(2)3)21-18(20-13)23-8-6-14(7-9-23)17(24)19-12-15-5-4-10-25-15/h11,14-15H,4-10,12H2,1-3H3,(H,19,24)/t15-/m0/s1. The van der Waals surface area contributed by atoms with E-state index in [0.29, 0.717) is 6.54 Å². The van der Waals surface area contributed by atoms with Crippen LogP contribution in [0.2, 0.25) is 0 Å². The molecule has 3 rings (SSSR count). The van der Waals surface area contributed by atoms with Crippen LogP contribution in [0.25, 0.3) is 0 Å². The maximum Gasteiger partial charge on any atom is 0.227 e. The fourth-order valence-electron chi connectivity index (χ4n) is 3.41. The molecular formula is C18H29N5O2. The SMILES string of the molecule is Cc1cc(N(C)C)nc(N2CCC(C(=O)NC[C@@H]3CCCO3)CC2)n1. The first kappa shape index (κ1) is 17.9. The van der Waals surface area contributed by atoms with Crippen molar-refractivity contribution in [2.75, 3.05) is 50.1 Å². The van der Waals surface area contributed by atoms with Crippen LogP contribution < -0.4 is 15.1 Å². The molecule has 0 bridgehead atoms. The van der Waals surface area contributed by atoms with Crippen molar-refractivity contribution in [2.24, 2.45) is 5.92 Å². The lowest BCUT2D eigenvalue weighted by atomic mass is 9.96. The van der Waals surface area contributed by atoms with E-state index in [2.05, 4.69) is 20.2 Å². The van der Waals surface area contributed by atoms with Crippen LogP contribution in [0.4, 0.5) is 11.8 Å². The van der Waals surface area contributed by atoms with Gasteiger partial charge in [0.15, 0.2) is 0 Å². The highest BCUT2D eigenvalue weighted by Gasteiger charge is 2.27. The molecule has 1 amide bonds. The monoisotopic (exact) mass is 347 g/mol. The minimum atomic E-state index is 0.0794. The number of aromatic nitrogens is 2.